The van der Waals surface area contributed by atoms with Crippen LogP contribution >= 0.6 is 0 Å². The van der Waals surface area contributed by atoms with Crippen LogP contribution in [-0.4, -0.2) is 36.3 Å². The molecular formula is C13H21NO5. The zero-order valence-corrected chi connectivity index (χ0v) is 11.2. The molecule has 3 atom stereocenters. The SMILES string of the molecule is C[C@H](C1OCCCO1)[C@@H]1CCC[C@]1(CC=O)[N+](=O)[O-]. The number of rotatable bonds is 5. The fourth-order valence-corrected chi connectivity index (χ4v) is 3.53. The predicted octanol–water partition coefficient (Wildman–Crippen LogP) is 1.79. The first-order valence-corrected chi connectivity index (χ1v) is 6.93. The van der Waals surface area contributed by atoms with E-state index < -0.39 is 5.54 Å². The summed E-state index contributed by atoms with van der Waals surface area (Å²) >= 11 is 0. The van der Waals surface area contributed by atoms with Crippen LogP contribution < -0.4 is 0 Å². The minimum absolute atomic E-state index is 0.0122. The van der Waals surface area contributed by atoms with Crippen molar-refractivity contribution in [3.63, 3.8) is 0 Å². The summed E-state index contributed by atoms with van der Waals surface area (Å²) in [5.41, 5.74) is -1.12. The maximum absolute atomic E-state index is 11.5. The fourth-order valence-electron chi connectivity index (χ4n) is 3.53. The molecule has 108 valence electrons. The predicted molar refractivity (Wildman–Crippen MR) is 67.2 cm³/mol. The van der Waals surface area contributed by atoms with Crippen LogP contribution in [0.1, 0.15) is 39.0 Å². The molecule has 6 nitrogen and oxygen atoms in total. The van der Waals surface area contributed by atoms with Crippen molar-refractivity contribution in [1.82, 2.24) is 0 Å². The molecule has 0 aromatic heterocycles. The Morgan fingerprint density at radius 2 is 2.11 bits per heavy atom. The molecule has 2 fully saturated rings. The number of carbonyl (C=O) groups excluding carboxylic acids is 1. The molecule has 1 aliphatic carbocycles. The molecule has 1 aliphatic heterocycles. The summed E-state index contributed by atoms with van der Waals surface area (Å²) in [5, 5.41) is 11.5. The van der Waals surface area contributed by atoms with Crippen molar-refractivity contribution >= 4 is 6.29 Å². The molecular weight excluding hydrogens is 250 g/mol. The van der Waals surface area contributed by atoms with Gasteiger partial charge in [0, 0.05) is 23.2 Å². The minimum atomic E-state index is -1.12. The van der Waals surface area contributed by atoms with Crippen LogP contribution in [0.5, 0.6) is 0 Å². The summed E-state index contributed by atoms with van der Waals surface area (Å²) in [6.45, 7) is 3.22. The molecule has 0 bridgehead atoms. The van der Waals surface area contributed by atoms with Gasteiger partial charge in [0.15, 0.2) is 6.29 Å². The van der Waals surface area contributed by atoms with Gasteiger partial charge in [0.25, 0.3) is 0 Å². The van der Waals surface area contributed by atoms with Gasteiger partial charge in [-0.15, -0.1) is 0 Å². The number of aldehydes is 1. The number of nitrogens with zero attached hydrogens (tertiary/aromatic N) is 1. The third-order valence-corrected chi connectivity index (χ3v) is 4.53. The second-order valence-electron chi connectivity index (χ2n) is 5.55. The zero-order chi connectivity index (χ0) is 13.9. The molecule has 1 heterocycles. The lowest BCUT2D eigenvalue weighted by Crippen LogP contribution is -2.48. The van der Waals surface area contributed by atoms with Gasteiger partial charge < -0.3 is 14.3 Å². The second kappa shape index (κ2) is 5.96. The van der Waals surface area contributed by atoms with Crippen molar-refractivity contribution in [3.05, 3.63) is 10.1 Å². The van der Waals surface area contributed by atoms with E-state index >= 15 is 0 Å². The number of ether oxygens (including phenoxy) is 2. The van der Waals surface area contributed by atoms with Crippen molar-refractivity contribution in [3.8, 4) is 0 Å². The van der Waals surface area contributed by atoms with Crippen LogP contribution in [0.4, 0.5) is 0 Å². The van der Waals surface area contributed by atoms with E-state index in [4.69, 9.17) is 9.47 Å². The Morgan fingerprint density at radius 3 is 2.68 bits per heavy atom. The van der Waals surface area contributed by atoms with Crippen molar-refractivity contribution in [2.75, 3.05) is 13.2 Å². The topological polar surface area (TPSA) is 78.7 Å². The molecule has 0 aromatic carbocycles. The lowest BCUT2D eigenvalue weighted by Gasteiger charge is -2.35. The Labute approximate surface area is 112 Å². The Kier molecular flexibility index (Phi) is 4.52. The summed E-state index contributed by atoms with van der Waals surface area (Å²) in [5.74, 6) is -0.219. The molecule has 0 amide bonds. The van der Waals surface area contributed by atoms with E-state index in [-0.39, 0.29) is 29.5 Å². The van der Waals surface area contributed by atoms with E-state index in [9.17, 15) is 14.9 Å². The van der Waals surface area contributed by atoms with Crippen LogP contribution in [-0.2, 0) is 14.3 Å². The van der Waals surface area contributed by atoms with Crippen molar-refractivity contribution in [2.24, 2.45) is 11.8 Å². The average molecular weight is 271 g/mol. The Bertz CT molecular complexity index is 342. The fraction of sp³-hybridized carbons (Fsp3) is 0.923. The number of nitro groups is 1. The summed E-state index contributed by atoms with van der Waals surface area (Å²) in [6.07, 6.45) is 3.18. The van der Waals surface area contributed by atoms with Crippen molar-refractivity contribution < 1.29 is 19.2 Å². The second-order valence-corrected chi connectivity index (χ2v) is 5.55. The maximum atomic E-state index is 11.5. The first-order valence-electron chi connectivity index (χ1n) is 6.93. The van der Waals surface area contributed by atoms with Gasteiger partial charge in [0.2, 0.25) is 5.54 Å². The van der Waals surface area contributed by atoms with E-state index in [1.165, 1.54) is 0 Å². The monoisotopic (exact) mass is 271 g/mol. The highest BCUT2D eigenvalue weighted by molar-refractivity contribution is 5.51. The van der Waals surface area contributed by atoms with E-state index in [0.717, 1.165) is 19.3 Å². The molecule has 0 unspecified atom stereocenters. The lowest BCUT2D eigenvalue weighted by atomic mass is 9.77. The number of hydrogen-bond donors (Lipinski definition) is 0. The Morgan fingerprint density at radius 1 is 1.42 bits per heavy atom. The largest absolute Gasteiger partial charge is 0.352 e. The standard InChI is InChI=1S/C13H21NO5/c1-10(12-18-8-3-9-19-12)11-4-2-5-13(11,6-7-15)14(16)17/h7,10-12H,2-6,8-9H2,1H3/t10-,11-,13+/m0/s1. The highest BCUT2D eigenvalue weighted by Crippen LogP contribution is 2.46. The molecule has 2 rings (SSSR count). The minimum Gasteiger partial charge on any atom is -0.352 e. The summed E-state index contributed by atoms with van der Waals surface area (Å²) in [7, 11) is 0. The zero-order valence-electron chi connectivity index (χ0n) is 11.2. The maximum Gasteiger partial charge on any atom is 0.232 e. The van der Waals surface area contributed by atoms with E-state index in [2.05, 4.69) is 0 Å². The van der Waals surface area contributed by atoms with E-state index in [0.29, 0.717) is 25.9 Å². The highest BCUT2D eigenvalue weighted by atomic mass is 16.7. The first-order chi connectivity index (χ1) is 9.12. The third kappa shape index (κ3) is 2.65. The lowest BCUT2D eigenvalue weighted by molar-refractivity contribution is -0.579. The molecule has 0 N–H and O–H groups in total. The van der Waals surface area contributed by atoms with Gasteiger partial charge in [-0.2, -0.15) is 0 Å². The normalized spacial score (nSPS) is 34.1. The molecule has 0 aromatic rings. The molecule has 1 saturated heterocycles. The average Bonchev–Trinajstić information content (AvgIpc) is 2.84. The van der Waals surface area contributed by atoms with Gasteiger partial charge in [-0.1, -0.05) is 6.92 Å². The van der Waals surface area contributed by atoms with Crippen LogP contribution in [0.25, 0.3) is 0 Å². The first kappa shape index (κ1) is 14.4. The molecule has 2 aliphatic rings. The molecule has 1 saturated carbocycles. The van der Waals surface area contributed by atoms with Gasteiger partial charge in [-0.05, 0) is 19.3 Å². The van der Waals surface area contributed by atoms with Crippen LogP contribution in [0.15, 0.2) is 0 Å². The summed E-state index contributed by atoms with van der Waals surface area (Å²) in [6, 6.07) is 0. The van der Waals surface area contributed by atoms with Gasteiger partial charge in [0.1, 0.15) is 6.29 Å². The van der Waals surface area contributed by atoms with Gasteiger partial charge in [-0.3, -0.25) is 10.1 Å². The quantitative estimate of drug-likeness (QED) is 0.432. The Balaban J connectivity index is 2.15. The van der Waals surface area contributed by atoms with Crippen molar-refractivity contribution in [1.29, 1.82) is 0 Å². The third-order valence-electron chi connectivity index (χ3n) is 4.53. The molecule has 0 spiro atoms. The van der Waals surface area contributed by atoms with Gasteiger partial charge in [-0.25, -0.2) is 0 Å². The number of hydrogen-bond acceptors (Lipinski definition) is 5. The summed E-state index contributed by atoms with van der Waals surface area (Å²) < 4.78 is 11.1. The van der Waals surface area contributed by atoms with E-state index in [1.54, 1.807) is 0 Å². The smallest absolute Gasteiger partial charge is 0.232 e. The highest BCUT2D eigenvalue weighted by Gasteiger charge is 2.56. The van der Waals surface area contributed by atoms with Crippen LogP contribution in [0, 0.1) is 22.0 Å². The summed E-state index contributed by atoms with van der Waals surface area (Å²) in [4.78, 5) is 22.1. The molecule has 6 heteroatoms. The number of carbonyl (C=O) groups is 1. The van der Waals surface area contributed by atoms with Gasteiger partial charge >= 0.3 is 0 Å². The van der Waals surface area contributed by atoms with Crippen LogP contribution in [0.3, 0.4) is 0 Å². The van der Waals surface area contributed by atoms with Crippen molar-refractivity contribution in [2.45, 2.75) is 50.9 Å². The van der Waals surface area contributed by atoms with E-state index in [1.807, 2.05) is 6.92 Å². The van der Waals surface area contributed by atoms with Crippen LogP contribution in [0.2, 0.25) is 0 Å². The molecule has 19 heavy (non-hydrogen) atoms. The Hall–Kier alpha value is -1.01. The molecule has 0 radical (unpaired) electrons. The van der Waals surface area contributed by atoms with Gasteiger partial charge in [0.05, 0.1) is 19.6 Å².